The fourth-order valence-electron chi connectivity index (χ4n) is 2.18. The van der Waals surface area contributed by atoms with E-state index in [4.69, 9.17) is 0 Å². The van der Waals surface area contributed by atoms with Crippen LogP contribution in [-0.2, 0) is 0 Å². The Hall–Kier alpha value is -2.95. The Balaban J connectivity index is 1.97. The maximum atomic E-state index is 12.4. The summed E-state index contributed by atoms with van der Waals surface area (Å²) in [4.78, 5) is 20.9. The predicted molar refractivity (Wildman–Crippen MR) is 83.5 cm³/mol. The molecular formula is C16H14N4O. The predicted octanol–water partition coefficient (Wildman–Crippen LogP) is 2.92. The highest BCUT2D eigenvalue weighted by Gasteiger charge is 2.13. The van der Waals surface area contributed by atoms with Crippen LogP contribution in [0.3, 0.4) is 0 Å². The van der Waals surface area contributed by atoms with E-state index in [9.17, 15) is 4.79 Å². The van der Waals surface area contributed by atoms with Gasteiger partial charge in [-0.25, -0.2) is 4.98 Å². The fourth-order valence-corrected chi connectivity index (χ4v) is 2.18. The van der Waals surface area contributed by atoms with E-state index in [2.05, 4.69) is 20.6 Å². The molecule has 0 spiro atoms. The van der Waals surface area contributed by atoms with Crippen LogP contribution in [0.4, 0.5) is 11.5 Å². The number of amides is 1. The molecule has 0 saturated heterocycles. The summed E-state index contributed by atoms with van der Waals surface area (Å²) in [6.45, 7) is 0. The molecule has 2 aromatic heterocycles. The summed E-state index contributed by atoms with van der Waals surface area (Å²) in [7, 11) is 1.73. The topological polar surface area (TPSA) is 66.9 Å². The Morgan fingerprint density at radius 3 is 2.62 bits per heavy atom. The minimum absolute atomic E-state index is 0.217. The number of fused-ring (bicyclic) bond motifs is 1. The number of hydrogen-bond donors (Lipinski definition) is 2. The van der Waals surface area contributed by atoms with Crippen molar-refractivity contribution >= 4 is 28.3 Å². The standard InChI is InChI=1S/C16H14N4O/c1-17-15-12(7-4-10-19-15)16(21)20-13-8-2-5-11-6-3-9-18-14(11)13/h2-10H,1H3,(H,17,19)(H,20,21). The molecule has 104 valence electrons. The molecule has 0 saturated carbocycles. The Bertz CT molecular complexity index is 796. The number of pyridine rings is 2. The van der Waals surface area contributed by atoms with E-state index in [0.717, 1.165) is 10.9 Å². The largest absolute Gasteiger partial charge is 0.372 e. The fraction of sp³-hybridized carbons (Fsp3) is 0.0625. The van der Waals surface area contributed by atoms with Crippen LogP contribution in [0, 0.1) is 0 Å². The summed E-state index contributed by atoms with van der Waals surface area (Å²) in [5.74, 6) is 0.328. The van der Waals surface area contributed by atoms with Gasteiger partial charge in [-0.1, -0.05) is 18.2 Å². The van der Waals surface area contributed by atoms with Crippen LogP contribution >= 0.6 is 0 Å². The van der Waals surface area contributed by atoms with Gasteiger partial charge in [-0.05, 0) is 24.3 Å². The summed E-state index contributed by atoms with van der Waals surface area (Å²) >= 11 is 0. The highest BCUT2D eigenvalue weighted by atomic mass is 16.1. The van der Waals surface area contributed by atoms with Crippen molar-refractivity contribution in [2.45, 2.75) is 0 Å². The molecule has 1 amide bonds. The molecule has 2 heterocycles. The Labute approximate surface area is 122 Å². The van der Waals surface area contributed by atoms with Gasteiger partial charge in [0.05, 0.1) is 16.8 Å². The summed E-state index contributed by atoms with van der Waals surface area (Å²) in [5.41, 5.74) is 1.94. The molecule has 0 unspecified atom stereocenters. The second kappa shape index (κ2) is 5.58. The van der Waals surface area contributed by atoms with Crippen molar-refractivity contribution < 1.29 is 4.79 Å². The summed E-state index contributed by atoms with van der Waals surface area (Å²) in [6.07, 6.45) is 3.35. The van der Waals surface area contributed by atoms with E-state index in [1.54, 1.807) is 31.6 Å². The van der Waals surface area contributed by atoms with Gasteiger partial charge in [0, 0.05) is 24.8 Å². The number of para-hydroxylation sites is 1. The van der Waals surface area contributed by atoms with Gasteiger partial charge in [-0.15, -0.1) is 0 Å². The number of carbonyl (C=O) groups is 1. The number of rotatable bonds is 3. The number of aromatic nitrogens is 2. The Morgan fingerprint density at radius 1 is 1.00 bits per heavy atom. The molecule has 0 aliphatic heterocycles. The lowest BCUT2D eigenvalue weighted by molar-refractivity contribution is 0.102. The van der Waals surface area contributed by atoms with Gasteiger partial charge in [0.1, 0.15) is 5.82 Å². The third-order valence-electron chi connectivity index (χ3n) is 3.17. The van der Waals surface area contributed by atoms with Crippen LogP contribution in [-0.4, -0.2) is 22.9 Å². The van der Waals surface area contributed by atoms with Gasteiger partial charge < -0.3 is 10.6 Å². The number of carbonyl (C=O) groups excluding carboxylic acids is 1. The molecule has 0 radical (unpaired) electrons. The van der Waals surface area contributed by atoms with Gasteiger partial charge >= 0.3 is 0 Å². The number of anilines is 2. The van der Waals surface area contributed by atoms with Crippen LogP contribution < -0.4 is 10.6 Å². The van der Waals surface area contributed by atoms with Crippen molar-refractivity contribution in [3.63, 3.8) is 0 Å². The molecule has 0 fully saturated rings. The zero-order valence-electron chi connectivity index (χ0n) is 11.5. The van der Waals surface area contributed by atoms with Crippen LogP contribution in [0.25, 0.3) is 10.9 Å². The second-order valence-corrected chi connectivity index (χ2v) is 4.48. The summed E-state index contributed by atoms with van der Waals surface area (Å²) in [6, 6.07) is 13.0. The van der Waals surface area contributed by atoms with Gasteiger partial charge in [-0.3, -0.25) is 9.78 Å². The normalized spacial score (nSPS) is 10.3. The lowest BCUT2D eigenvalue weighted by atomic mass is 10.1. The molecular weight excluding hydrogens is 264 g/mol. The maximum Gasteiger partial charge on any atom is 0.259 e. The first kappa shape index (κ1) is 13.1. The van der Waals surface area contributed by atoms with Gasteiger partial charge in [0.2, 0.25) is 0 Å². The third-order valence-corrected chi connectivity index (χ3v) is 3.17. The molecule has 5 heteroatoms. The van der Waals surface area contributed by atoms with E-state index in [1.165, 1.54) is 0 Å². The second-order valence-electron chi connectivity index (χ2n) is 4.48. The monoisotopic (exact) mass is 278 g/mol. The zero-order chi connectivity index (χ0) is 14.7. The SMILES string of the molecule is CNc1ncccc1C(=O)Nc1cccc2cccnc12. The van der Waals surface area contributed by atoms with Crippen LogP contribution in [0.1, 0.15) is 10.4 Å². The lowest BCUT2D eigenvalue weighted by Crippen LogP contribution is -2.15. The molecule has 21 heavy (non-hydrogen) atoms. The zero-order valence-corrected chi connectivity index (χ0v) is 11.5. The van der Waals surface area contributed by atoms with E-state index in [-0.39, 0.29) is 5.91 Å². The third kappa shape index (κ3) is 2.53. The highest BCUT2D eigenvalue weighted by Crippen LogP contribution is 2.22. The van der Waals surface area contributed by atoms with Crippen molar-refractivity contribution in [3.05, 3.63) is 60.4 Å². The number of hydrogen-bond acceptors (Lipinski definition) is 4. The smallest absolute Gasteiger partial charge is 0.259 e. The molecule has 0 bridgehead atoms. The Morgan fingerprint density at radius 2 is 1.76 bits per heavy atom. The van der Waals surface area contributed by atoms with Crippen molar-refractivity contribution in [2.75, 3.05) is 17.7 Å². The molecule has 3 aromatic rings. The minimum Gasteiger partial charge on any atom is -0.372 e. The van der Waals surface area contributed by atoms with E-state index < -0.39 is 0 Å². The van der Waals surface area contributed by atoms with Crippen molar-refractivity contribution in [1.29, 1.82) is 0 Å². The van der Waals surface area contributed by atoms with Crippen molar-refractivity contribution in [1.82, 2.24) is 9.97 Å². The summed E-state index contributed by atoms with van der Waals surface area (Å²) < 4.78 is 0. The van der Waals surface area contributed by atoms with E-state index >= 15 is 0 Å². The molecule has 0 atom stereocenters. The molecule has 0 aliphatic carbocycles. The Kier molecular flexibility index (Phi) is 3.47. The number of nitrogens with zero attached hydrogens (tertiary/aromatic N) is 2. The van der Waals surface area contributed by atoms with Crippen LogP contribution in [0.15, 0.2) is 54.9 Å². The maximum absolute atomic E-state index is 12.4. The summed E-state index contributed by atoms with van der Waals surface area (Å²) in [5, 5.41) is 6.79. The average molecular weight is 278 g/mol. The quantitative estimate of drug-likeness (QED) is 0.773. The van der Waals surface area contributed by atoms with Gasteiger partial charge in [-0.2, -0.15) is 0 Å². The van der Waals surface area contributed by atoms with E-state index in [1.807, 2.05) is 30.3 Å². The molecule has 5 nitrogen and oxygen atoms in total. The molecule has 1 aromatic carbocycles. The average Bonchev–Trinajstić information content (AvgIpc) is 2.55. The molecule has 0 aliphatic rings. The minimum atomic E-state index is -0.217. The van der Waals surface area contributed by atoms with E-state index in [0.29, 0.717) is 17.1 Å². The molecule has 3 rings (SSSR count). The van der Waals surface area contributed by atoms with Crippen molar-refractivity contribution in [2.24, 2.45) is 0 Å². The first-order valence-corrected chi connectivity index (χ1v) is 6.57. The first-order valence-electron chi connectivity index (χ1n) is 6.57. The van der Waals surface area contributed by atoms with Crippen LogP contribution in [0.5, 0.6) is 0 Å². The highest BCUT2D eigenvalue weighted by molar-refractivity contribution is 6.10. The van der Waals surface area contributed by atoms with Crippen LogP contribution in [0.2, 0.25) is 0 Å². The number of benzene rings is 1. The molecule has 2 N–H and O–H groups in total. The lowest BCUT2D eigenvalue weighted by Gasteiger charge is -2.10. The first-order chi connectivity index (χ1) is 10.3. The number of nitrogens with one attached hydrogen (secondary N) is 2. The van der Waals surface area contributed by atoms with Gasteiger partial charge in [0.15, 0.2) is 0 Å². The van der Waals surface area contributed by atoms with Crippen molar-refractivity contribution in [3.8, 4) is 0 Å². The van der Waals surface area contributed by atoms with Gasteiger partial charge in [0.25, 0.3) is 5.91 Å².